The second-order valence-electron chi connectivity index (χ2n) is 1.25. The number of aromatic nitrogens is 3. The molecule has 0 aliphatic heterocycles. The lowest BCUT2D eigenvalue weighted by atomic mass is 10.8. The van der Waals surface area contributed by atoms with Crippen molar-refractivity contribution in [3.63, 3.8) is 0 Å². The third kappa shape index (κ3) is 2.85. The van der Waals surface area contributed by atoms with Gasteiger partial charge in [-0.15, -0.1) is 0 Å². The van der Waals surface area contributed by atoms with Crippen molar-refractivity contribution in [3.05, 3.63) is 12.7 Å². The Labute approximate surface area is 55.7 Å². The van der Waals surface area contributed by atoms with Crippen LogP contribution in [0.4, 0.5) is 0 Å². The Bertz CT molecular complexity index is 123. The van der Waals surface area contributed by atoms with Gasteiger partial charge in [-0.25, -0.2) is 4.98 Å². The first-order valence-electron chi connectivity index (χ1n) is 3.26. The SMILES string of the molecule is CC.CCn1cncn1. The fraction of sp³-hybridized carbons (Fsp3) is 0.667. The van der Waals surface area contributed by atoms with E-state index in [2.05, 4.69) is 10.1 Å². The summed E-state index contributed by atoms with van der Waals surface area (Å²) in [6, 6.07) is 0. The molecule has 0 bridgehead atoms. The minimum Gasteiger partial charge on any atom is -0.253 e. The Hall–Kier alpha value is -0.860. The number of aryl methyl sites for hydroxylation is 1. The molecule has 0 radical (unpaired) electrons. The molecular formula is C6H13N3. The van der Waals surface area contributed by atoms with Gasteiger partial charge in [0.15, 0.2) is 0 Å². The van der Waals surface area contributed by atoms with Gasteiger partial charge in [-0.3, -0.25) is 4.68 Å². The molecule has 1 rings (SSSR count). The molecule has 0 aliphatic rings. The minimum atomic E-state index is 0.903. The zero-order valence-corrected chi connectivity index (χ0v) is 6.20. The summed E-state index contributed by atoms with van der Waals surface area (Å²) in [6.07, 6.45) is 3.23. The van der Waals surface area contributed by atoms with Crippen molar-refractivity contribution in [3.8, 4) is 0 Å². The molecule has 0 aliphatic carbocycles. The minimum absolute atomic E-state index is 0.903. The fourth-order valence-corrected chi connectivity index (χ4v) is 0.396. The molecule has 0 aromatic carbocycles. The van der Waals surface area contributed by atoms with Crippen molar-refractivity contribution in [1.82, 2.24) is 14.8 Å². The van der Waals surface area contributed by atoms with E-state index in [1.807, 2.05) is 20.8 Å². The van der Waals surface area contributed by atoms with Crippen LogP contribution < -0.4 is 0 Å². The smallest absolute Gasteiger partial charge is 0.137 e. The summed E-state index contributed by atoms with van der Waals surface area (Å²) in [5, 5.41) is 3.84. The second-order valence-corrected chi connectivity index (χ2v) is 1.25. The van der Waals surface area contributed by atoms with Crippen LogP contribution in [0.15, 0.2) is 12.7 Å². The lowest BCUT2D eigenvalue weighted by Gasteiger charge is -1.85. The molecule has 3 heteroatoms. The molecule has 0 saturated heterocycles. The Kier molecular flexibility index (Phi) is 4.78. The van der Waals surface area contributed by atoms with E-state index in [9.17, 15) is 0 Å². The van der Waals surface area contributed by atoms with Crippen molar-refractivity contribution < 1.29 is 0 Å². The summed E-state index contributed by atoms with van der Waals surface area (Å²) in [6.45, 7) is 6.93. The third-order valence-corrected chi connectivity index (χ3v) is 0.791. The maximum atomic E-state index is 3.84. The molecule has 0 atom stereocenters. The topological polar surface area (TPSA) is 30.7 Å². The molecule has 0 saturated carbocycles. The van der Waals surface area contributed by atoms with Gasteiger partial charge in [0, 0.05) is 6.54 Å². The van der Waals surface area contributed by atoms with Gasteiger partial charge in [0.2, 0.25) is 0 Å². The van der Waals surface area contributed by atoms with E-state index in [0.29, 0.717) is 0 Å². The zero-order chi connectivity index (χ0) is 7.11. The van der Waals surface area contributed by atoms with Crippen molar-refractivity contribution in [2.24, 2.45) is 0 Å². The van der Waals surface area contributed by atoms with Crippen LogP contribution in [-0.4, -0.2) is 14.8 Å². The van der Waals surface area contributed by atoms with Gasteiger partial charge in [0.25, 0.3) is 0 Å². The molecule has 1 aromatic heterocycles. The van der Waals surface area contributed by atoms with E-state index in [-0.39, 0.29) is 0 Å². The summed E-state index contributed by atoms with van der Waals surface area (Å²) in [5.74, 6) is 0. The largest absolute Gasteiger partial charge is 0.253 e. The molecule has 3 nitrogen and oxygen atoms in total. The lowest BCUT2D eigenvalue weighted by Crippen LogP contribution is -1.91. The van der Waals surface area contributed by atoms with Crippen LogP contribution in [-0.2, 0) is 6.54 Å². The Morgan fingerprint density at radius 3 is 2.33 bits per heavy atom. The Balaban J connectivity index is 0.000000291. The van der Waals surface area contributed by atoms with Gasteiger partial charge in [0.1, 0.15) is 12.7 Å². The van der Waals surface area contributed by atoms with E-state index < -0.39 is 0 Å². The highest BCUT2D eigenvalue weighted by Gasteiger charge is 1.78. The monoisotopic (exact) mass is 127 g/mol. The first-order chi connectivity index (χ1) is 4.43. The van der Waals surface area contributed by atoms with Crippen LogP contribution in [0.25, 0.3) is 0 Å². The first-order valence-corrected chi connectivity index (χ1v) is 3.26. The average molecular weight is 127 g/mol. The third-order valence-electron chi connectivity index (χ3n) is 0.791. The molecule has 1 heterocycles. The van der Waals surface area contributed by atoms with Gasteiger partial charge in [-0.2, -0.15) is 5.10 Å². The van der Waals surface area contributed by atoms with E-state index in [0.717, 1.165) is 6.54 Å². The average Bonchev–Trinajstić information content (AvgIpc) is 2.43. The molecule has 0 unspecified atom stereocenters. The molecule has 0 spiro atoms. The fourth-order valence-electron chi connectivity index (χ4n) is 0.396. The summed E-state index contributed by atoms with van der Waals surface area (Å²) in [7, 11) is 0. The molecule has 0 amide bonds. The first kappa shape index (κ1) is 8.14. The van der Waals surface area contributed by atoms with Gasteiger partial charge in [0.05, 0.1) is 0 Å². The standard InChI is InChI=1S/C4H7N3.C2H6/c1-2-7-4-5-3-6-7;1-2/h3-4H,2H2,1H3;1-2H3. The van der Waals surface area contributed by atoms with Crippen molar-refractivity contribution in [2.45, 2.75) is 27.3 Å². The number of hydrogen-bond donors (Lipinski definition) is 0. The highest BCUT2D eigenvalue weighted by atomic mass is 15.3. The maximum absolute atomic E-state index is 3.84. The quantitative estimate of drug-likeness (QED) is 0.569. The summed E-state index contributed by atoms with van der Waals surface area (Å²) in [5.41, 5.74) is 0. The molecule has 1 aromatic rings. The predicted octanol–water partition coefficient (Wildman–Crippen LogP) is 1.32. The van der Waals surface area contributed by atoms with Crippen molar-refractivity contribution in [1.29, 1.82) is 0 Å². The van der Waals surface area contributed by atoms with Crippen molar-refractivity contribution >= 4 is 0 Å². The number of nitrogens with zero attached hydrogens (tertiary/aromatic N) is 3. The summed E-state index contributed by atoms with van der Waals surface area (Å²) in [4.78, 5) is 3.74. The predicted molar refractivity (Wildman–Crippen MR) is 37.0 cm³/mol. The zero-order valence-electron chi connectivity index (χ0n) is 6.20. The lowest BCUT2D eigenvalue weighted by molar-refractivity contribution is 0.658. The number of hydrogen-bond acceptors (Lipinski definition) is 2. The molecule has 0 N–H and O–H groups in total. The van der Waals surface area contributed by atoms with Crippen LogP contribution in [0.1, 0.15) is 20.8 Å². The summed E-state index contributed by atoms with van der Waals surface area (Å²) < 4.78 is 1.76. The Morgan fingerprint density at radius 1 is 1.44 bits per heavy atom. The van der Waals surface area contributed by atoms with Gasteiger partial charge < -0.3 is 0 Å². The van der Waals surface area contributed by atoms with Crippen LogP contribution in [0, 0.1) is 0 Å². The molecular weight excluding hydrogens is 114 g/mol. The van der Waals surface area contributed by atoms with E-state index in [1.54, 1.807) is 11.0 Å². The van der Waals surface area contributed by atoms with Crippen LogP contribution in [0.5, 0.6) is 0 Å². The number of rotatable bonds is 1. The van der Waals surface area contributed by atoms with Crippen LogP contribution in [0.2, 0.25) is 0 Å². The summed E-state index contributed by atoms with van der Waals surface area (Å²) >= 11 is 0. The van der Waals surface area contributed by atoms with Gasteiger partial charge in [-0.1, -0.05) is 13.8 Å². The molecule has 0 fully saturated rings. The van der Waals surface area contributed by atoms with Crippen LogP contribution >= 0.6 is 0 Å². The Morgan fingerprint density at radius 2 is 2.11 bits per heavy atom. The normalized spacial score (nSPS) is 7.89. The van der Waals surface area contributed by atoms with Crippen molar-refractivity contribution in [2.75, 3.05) is 0 Å². The second kappa shape index (κ2) is 5.28. The highest BCUT2D eigenvalue weighted by molar-refractivity contribution is 4.52. The molecule has 9 heavy (non-hydrogen) atoms. The van der Waals surface area contributed by atoms with Crippen LogP contribution in [0.3, 0.4) is 0 Å². The highest BCUT2D eigenvalue weighted by Crippen LogP contribution is 1.74. The van der Waals surface area contributed by atoms with Gasteiger partial charge >= 0.3 is 0 Å². The molecule has 52 valence electrons. The van der Waals surface area contributed by atoms with E-state index in [4.69, 9.17) is 0 Å². The van der Waals surface area contributed by atoms with E-state index in [1.165, 1.54) is 6.33 Å². The van der Waals surface area contributed by atoms with E-state index >= 15 is 0 Å². The van der Waals surface area contributed by atoms with Gasteiger partial charge in [-0.05, 0) is 6.92 Å². The maximum Gasteiger partial charge on any atom is 0.137 e.